The number of rotatable bonds is 3. The van der Waals surface area contributed by atoms with E-state index in [-0.39, 0.29) is 17.0 Å². The van der Waals surface area contributed by atoms with Crippen LogP contribution in [0.4, 0.5) is 18.9 Å². The van der Waals surface area contributed by atoms with Gasteiger partial charge < -0.3 is 10.1 Å². The van der Waals surface area contributed by atoms with E-state index in [0.29, 0.717) is 6.61 Å². The molecule has 0 radical (unpaired) electrons. The van der Waals surface area contributed by atoms with E-state index in [2.05, 4.69) is 5.32 Å². The van der Waals surface area contributed by atoms with Gasteiger partial charge >= 0.3 is 6.18 Å². The Morgan fingerprint density at radius 1 is 1.30 bits per heavy atom. The monoisotopic (exact) mass is 287 g/mol. The van der Waals surface area contributed by atoms with Crippen LogP contribution >= 0.6 is 0 Å². The minimum absolute atomic E-state index is 0.0383. The fraction of sp³-hybridized carbons (Fsp3) is 0.500. The van der Waals surface area contributed by atoms with E-state index in [0.717, 1.165) is 12.5 Å². The molecule has 1 amide bonds. The lowest BCUT2D eigenvalue weighted by Crippen LogP contribution is -2.28. The van der Waals surface area contributed by atoms with Crippen molar-refractivity contribution in [3.05, 3.63) is 23.3 Å². The SMILES string of the molecule is CCCOc1ccc(C(F)(F)F)c2c1NC(=O)C2(C)C. The lowest BCUT2D eigenvalue weighted by atomic mass is 9.82. The second kappa shape index (κ2) is 4.68. The number of fused-ring (bicyclic) bond motifs is 1. The quantitative estimate of drug-likeness (QED) is 0.920. The Bertz CT molecular complexity index is 550. The zero-order valence-electron chi connectivity index (χ0n) is 11.5. The summed E-state index contributed by atoms with van der Waals surface area (Å²) < 4.78 is 44.8. The van der Waals surface area contributed by atoms with Crippen molar-refractivity contribution >= 4 is 11.6 Å². The molecular formula is C14H16F3NO2. The molecule has 1 N–H and O–H groups in total. The highest BCUT2D eigenvalue weighted by Crippen LogP contribution is 2.49. The van der Waals surface area contributed by atoms with Crippen molar-refractivity contribution in [3.8, 4) is 5.75 Å². The first-order valence-electron chi connectivity index (χ1n) is 6.38. The van der Waals surface area contributed by atoms with Crippen LogP contribution in [0.3, 0.4) is 0 Å². The summed E-state index contributed by atoms with van der Waals surface area (Å²) >= 11 is 0. The van der Waals surface area contributed by atoms with E-state index < -0.39 is 23.1 Å². The summed E-state index contributed by atoms with van der Waals surface area (Å²) in [7, 11) is 0. The van der Waals surface area contributed by atoms with Crippen molar-refractivity contribution in [3.63, 3.8) is 0 Å². The van der Waals surface area contributed by atoms with Gasteiger partial charge in [-0.25, -0.2) is 0 Å². The number of carbonyl (C=O) groups excluding carboxylic acids is 1. The number of hydrogen-bond acceptors (Lipinski definition) is 2. The maximum Gasteiger partial charge on any atom is 0.416 e. The van der Waals surface area contributed by atoms with Crippen LogP contribution < -0.4 is 10.1 Å². The number of ether oxygens (including phenoxy) is 1. The van der Waals surface area contributed by atoms with Crippen molar-refractivity contribution in [1.29, 1.82) is 0 Å². The van der Waals surface area contributed by atoms with Crippen molar-refractivity contribution in [1.82, 2.24) is 0 Å². The van der Waals surface area contributed by atoms with Crippen LogP contribution in [0.25, 0.3) is 0 Å². The molecule has 0 spiro atoms. The molecule has 110 valence electrons. The van der Waals surface area contributed by atoms with Crippen LogP contribution in [0.15, 0.2) is 12.1 Å². The number of carbonyl (C=O) groups is 1. The second-order valence-electron chi connectivity index (χ2n) is 5.29. The van der Waals surface area contributed by atoms with Gasteiger partial charge in [-0.2, -0.15) is 13.2 Å². The summed E-state index contributed by atoms with van der Waals surface area (Å²) in [6, 6.07) is 2.24. The third kappa shape index (κ3) is 2.23. The summed E-state index contributed by atoms with van der Waals surface area (Å²) in [5.41, 5.74) is -1.92. The molecular weight excluding hydrogens is 271 g/mol. The molecule has 0 aliphatic carbocycles. The minimum Gasteiger partial charge on any atom is -0.491 e. The molecule has 1 aromatic rings. The molecule has 0 bridgehead atoms. The number of hydrogen-bond donors (Lipinski definition) is 1. The van der Waals surface area contributed by atoms with E-state index >= 15 is 0 Å². The van der Waals surface area contributed by atoms with Crippen LogP contribution in [0.2, 0.25) is 0 Å². The van der Waals surface area contributed by atoms with Crippen molar-refractivity contribution in [2.24, 2.45) is 0 Å². The number of halogens is 3. The molecule has 6 heteroatoms. The molecule has 2 rings (SSSR count). The molecule has 1 aliphatic rings. The number of amides is 1. The highest BCUT2D eigenvalue weighted by atomic mass is 19.4. The number of alkyl halides is 3. The summed E-state index contributed by atoms with van der Waals surface area (Å²) in [4.78, 5) is 11.9. The molecule has 1 aromatic carbocycles. The zero-order valence-corrected chi connectivity index (χ0v) is 11.5. The van der Waals surface area contributed by atoms with E-state index in [1.54, 1.807) is 0 Å². The Labute approximate surface area is 115 Å². The molecule has 1 aliphatic heterocycles. The Balaban J connectivity index is 2.63. The fourth-order valence-electron chi connectivity index (χ4n) is 2.31. The highest BCUT2D eigenvalue weighted by molar-refractivity contribution is 6.07. The van der Waals surface area contributed by atoms with Gasteiger partial charge in [0.2, 0.25) is 5.91 Å². The first kappa shape index (κ1) is 14.7. The largest absolute Gasteiger partial charge is 0.491 e. The van der Waals surface area contributed by atoms with Gasteiger partial charge in [-0.15, -0.1) is 0 Å². The van der Waals surface area contributed by atoms with E-state index in [4.69, 9.17) is 4.74 Å². The standard InChI is InChI=1S/C14H16F3NO2/c1-4-7-20-9-6-5-8(14(15,16)17)10-11(9)18-12(19)13(10,2)3/h5-6H,4,7H2,1-3H3,(H,18,19). The van der Waals surface area contributed by atoms with Crippen molar-refractivity contribution < 1.29 is 22.7 Å². The van der Waals surface area contributed by atoms with Gasteiger partial charge in [0.25, 0.3) is 0 Å². The first-order chi connectivity index (χ1) is 9.19. The van der Waals surface area contributed by atoms with Crippen LogP contribution in [0.5, 0.6) is 5.75 Å². The van der Waals surface area contributed by atoms with Crippen LogP contribution in [0.1, 0.15) is 38.3 Å². The number of anilines is 1. The molecule has 0 saturated heterocycles. The average Bonchev–Trinajstić information content (AvgIpc) is 2.57. The van der Waals surface area contributed by atoms with Crippen molar-refractivity contribution in [2.75, 3.05) is 11.9 Å². The Hall–Kier alpha value is -1.72. The van der Waals surface area contributed by atoms with Gasteiger partial charge in [-0.05, 0) is 32.4 Å². The van der Waals surface area contributed by atoms with Gasteiger partial charge in [0.1, 0.15) is 5.75 Å². The average molecular weight is 287 g/mol. The maximum absolute atomic E-state index is 13.1. The number of nitrogens with one attached hydrogen (secondary N) is 1. The van der Waals surface area contributed by atoms with Gasteiger partial charge in [0.15, 0.2) is 0 Å². The van der Waals surface area contributed by atoms with Crippen LogP contribution in [-0.2, 0) is 16.4 Å². The predicted octanol–water partition coefficient (Wildman–Crippen LogP) is 3.72. The Morgan fingerprint density at radius 2 is 1.95 bits per heavy atom. The molecule has 0 fully saturated rings. The van der Waals surface area contributed by atoms with E-state index in [1.165, 1.54) is 19.9 Å². The topological polar surface area (TPSA) is 38.3 Å². The summed E-state index contributed by atoms with van der Waals surface area (Å²) in [5.74, 6) is -0.167. The molecule has 3 nitrogen and oxygen atoms in total. The predicted molar refractivity (Wildman–Crippen MR) is 68.9 cm³/mol. The summed E-state index contributed by atoms with van der Waals surface area (Å²) in [5, 5.41) is 2.51. The molecule has 0 saturated carbocycles. The zero-order chi connectivity index (χ0) is 15.1. The third-order valence-corrected chi connectivity index (χ3v) is 3.37. The number of benzene rings is 1. The van der Waals surface area contributed by atoms with Crippen LogP contribution in [-0.4, -0.2) is 12.5 Å². The minimum atomic E-state index is -4.50. The summed E-state index contributed by atoms with van der Waals surface area (Å²) in [6.07, 6.45) is -3.77. The Kier molecular flexibility index (Phi) is 3.44. The lowest BCUT2D eigenvalue weighted by Gasteiger charge is -2.21. The molecule has 0 aromatic heterocycles. The maximum atomic E-state index is 13.1. The van der Waals surface area contributed by atoms with Gasteiger partial charge in [-0.3, -0.25) is 4.79 Å². The Morgan fingerprint density at radius 3 is 2.50 bits per heavy atom. The molecule has 0 atom stereocenters. The second-order valence-corrected chi connectivity index (χ2v) is 5.29. The van der Waals surface area contributed by atoms with Gasteiger partial charge in [0.05, 0.1) is 23.3 Å². The molecule has 0 unspecified atom stereocenters. The van der Waals surface area contributed by atoms with Crippen LogP contribution in [0, 0.1) is 0 Å². The van der Waals surface area contributed by atoms with Gasteiger partial charge in [-0.1, -0.05) is 6.92 Å². The summed E-state index contributed by atoms with van der Waals surface area (Å²) in [6.45, 7) is 5.24. The smallest absolute Gasteiger partial charge is 0.416 e. The fourth-order valence-corrected chi connectivity index (χ4v) is 2.31. The normalized spacial score (nSPS) is 16.8. The van der Waals surface area contributed by atoms with E-state index in [9.17, 15) is 18.0 Å². The lowest BCUT2D eigenvalue weighted by molar-refractivity contribution is -0.138. The molecule has 20 heavy (non-hydrogen) atoms. The third-order valence-electron chi connectivity index (χ3n) is 3.37. The van der Waals surface area contributed by atoms with E-state index in [1.807, 2.05) is 6.92 Å². The highest BCUT2D eigenvalue weighted by Gasteiger charge is 2.47. The van der Waals surface area contributed by atoms with Gasteiger partial charge in [0, 0.05) is 5.56 Å². The first-order valence-corrected chi connectivity index (χ1v) is 6.38. The van der Waals surface area contributed by atoms with Crippen molar-refractivity contribution in [2.45, 2.75) is 38.8 Å². The molecule has 1 heterocycles.